The molecule has 2 aromatic rings. The molecule has 0 unspecified atom stereocenters. The zero-order chi connectivity index (χ0) is 18.8. The van der Waals surface area contributed by atoms with Crippen LogP contribution in [0.4, 0.5) is 0 Å². The molecule has 1 aliphatic heterocycles. The SMILES string of the molecule is CN(C)Cc1c(OCC2CC2)ccc2c(CCC3CCN(C)CC3)noc12. The highest BCUT2D eigenvalue weighted by atomic mass is 16.5. The molecule has 0 amide bonds. The Balaban J connectivity index is 1.50. The largest absolute Gasteiger partial charge is 0.493 e. The van der Waals surface area contributed by atoms with Crippen LogP contribution in [0.1, 0.15) is 43.4 Å². The maximum atomic E-state index is 6.13. The van der Waals surface area contributed by atoms with E-state index in [1.807, 2.05) is 0 Å². The van der Waals surface area contributed by atoms with Gasteiger partial charge in [0.15, 0.2) is 5.58 Å². The van der Waals surface area contributed by atoms with E-state index in [2.05, 4.69) is 48.2 Å². The number of nitrogens with zero attached hydrogens (tertiary/aromatic N) is 3. The summed E-state index contributed by atoms with van der Waals surface area (Å²) in [4.78, 5) is 4.60. The van der Waals surface area contributed by atoms with E-state index < -0.39 is 0 Å². The van der Waals surface area contributed by atoms with Crippen molar-refractivity contribution in [3.63, 3.8) is 0 Å². The number of fused-ring (bicyclic) bond motifs is 1. The molecule has 1 aliphatic carbocycles. The fourth-order valence-electron chi connectivity index (χ4n) is 4.06. The van der Waals surface area contributed by atoms with Crippen LogP contribution in [0.15, 0.2) is 16.7 Å². The summed E-state index contributed by atoms with van der Waals surface area (Å²) in [5.41, 5.74) is 3.16. The molecule has 0 spiro atoms. The summed E-state index contributed by atoms with van der Waals surface area (Å²) < 4.78 is 12.0. The first-order valence-electron chi connectivity index (χ1n) is 10.5. The Kier molecular flexibility index (Phi) is 5.69. The number of hydrogen-bond donors (Lipinski definition) is 0. The number of ether oxygens (including phenoxy) is 1. The van der Waals surface area contributed by atoms with Crippen LogP contribution in [-0.2, 0) is 13.0 Å². The molecule has 0 radical (unpaired) electrons. The molecule has 0 bridgehead atoms. The average Bonchev–Trinajstić information content (AvgIpc) is 3.39. The molecule has 1 saturated heterocycles. The lowest BCUT2D eigenvalue weighted by atomic mass is 9.91. The van der Waals surface area contributed by atoms with E-state index in [-0.39, 0.29) is 0 Å². The molecule has 5 nitrogen and oxygen atoms in total. The molecule has 2 aliphatic rings. The zero-order valence-electron chi connectivity index (χ0n) is 17.0. The third-order valence-electron chi connectivity index (χ3n) is 6.05. The molecule has 1 aromatic heterocycles. The van der Waals surface area contributed by atoms with Gasteiger partial charge in [0.05, 0.1) is 17.9 Å². The average molecular weight is 372 g/mol. The van der Waals surface area contributed by atoms with Gasteiger partial charge in [-0.05, 0) is 96.7 Å². The van der Waals surface area contributed by atoms with Crippen molar-refractivity contribution in [2.24, 2.45) is 11.8 Å². The highest BCUT2D eigenvalue weighted by Crippen LogP contribution is 2.35. The predicted molar refractivity (Wildman–Crippen MR) is 108 cm³/mol. The molecule has 148 valence electrons. The van der Waals surface area contributed by atoms with Crippen LogP contribution in [0.3, 0.4) is 0 Å². The van der Waals surface area contributed by atoms with Gasteiger partial charge in [-0.15, -0.1) is 0 Å². The van der Waals surface area contributed by atoms with Crippen LogP contribution in [0.2, 0.25) is 0 Å². The monoisotopic (exact) mass is 371 g/mol. The molecule has 1 aromatic carbocycles. The van der Waals surface area contributed by atoms with Crippen LogP contribution in [0.5, 0.6) is 5.75 Å². The lowest BCUT2D eigenvalue weighted by molar-refractivity contribution is 0.212. The van der Waals surface area contributed by atoms with Crippen molar-refractivity contribution in [2.45, 2.75) is 45.1 Å². The van der Waals surface area contributed by atoms with Gasteiger partial charge in [-0.25, -0.2) is 0 Å². The van der Waals surface area contributed by atoms with E-state index in [1.54, 1.807) is 0 Å². The minimum Gasteiger partial charge on any atom is -0.493 e. The summed E-state index contributed by atoms with van der Waals surface area (Å²) in [5.74, 6) is 2.52. The summed E-state index contributed by atoms with van der Waals surface area (Å²) in [7, 11) is 6.39. The first-order valence-corrected chi connectivity index (χ1v) is 10.5. The van der Waals surface area contributed by atoms with Gasteiger partial charge in [-0.2, -0.15) is 0 Å². The minimum absolute atomic E-state index is 0.743. The lowest BCUT2D eigenvalue weighted by Gasteiger charge is -2.28. The number of benzene rings is 1. The van der Waals surface area contributed by atoms with E-state index in [0.717, 1.165) is 54.0 Å². The summed E-state index contributed by atoms with van der Waals surface area (Å²) in [6.07, 6.45) is 7.42. The summed E-state index contributed by atoms with van der Waals surface area (Å²) in [5, 5.41) is 5.62. The highest BCUT2D eigenvalue weighted by molar-refractivity contribution is 5.84. The Morgan fingerprint density at radius 2 is 1.93 bits per heavy atom. The molecular weight excluding hydrogens is 338 g/mol. The van der Waals surface area contributed by atoms with Crippen molar-refractivity contribution in [3.05, 3.63) is 23.4 Å². The number of likely N-dealkylation sites (tertiary alicyclic amines) is 1. The Labute approximate surface area is 162 Å². The molecule has 2 fully saturated rings. The quantitative estimate of drug-likeness (QED) is 0.703. The van der Waals surface area contributed by atoms with Gasteiger partial charge >= 0.3 is 0 Å². The van der Waals surface area contributed by atoms with Crippen LogP contribution in [0, 0.1) is 11.8 Å². The van der Waals surface area contributed by atoms with Crippen molar-refractivity contribution in [2.75, 3.05) is 40.8 Å². The molecular formula is C22H33N3O2. The third kappa shape index (κ3) is 4.64. The van der Waals surface area contributed by atoms with E-state index >= 15 is 0 Å². The molecule has 4 rings (SSSR count). The summed E-state index contributed by atoms with van der Waals surface area (Å²) in [6, 6.07) is 4.27. The van der Waals surface area contributed by atoms with Crippen LogP contribution in [0.25, 0.3) is 11.0 Å². The van der Waals surface area contributed by atoms with E-state index in [1.165, 1.54) is 50.6 Å². The van der Waals surface area contributed by atoms with Crippen LogP contribution >= 0.6 is 0 Å². The standard InChI is InChI=1S/C22H33N3O2/c1-24(2)14-19-21(26-15-17-4-5-17)9-7-18-20(23-27-22(18)19)8-6-16-10-12-25(3)13-11-16/h7,9,16-17H,4-6,8,10-15H2,1-3H3. The Bertz CT molecular complexity index is 758. The molecule has 0 N–H and O–H groups in total. The van der Waals surface area contributed by atoms with Crippen molar-refractivity contribution >= 4 is 11.0 Å². The molecule has 27 heavy (non-hydrogen) atoms. The van der Waals surface area contributed by atoms with Crippen molar-refractivity contribution < 1.29 is 9.26 Å². The van der Waals surface area contributed by atoms with Crippen molar-refractivity contribution in [1.29, 1.82) is 0 Å². The van der Waals surface area contributed by atoms with Crippen molar-refractivity contribution in [3.8, 4) is 5.75 Å². The zero-order valence-corrected chi connectivity index (χ0v) is 17.0. The van der Waals surface area contributed by atoms with E-state index in [0.29, 0.717) is 0 Å². The van der Waals surface area contributed by atoms with E-state index in [9.17, 15) is 0 Å². The second kappa shape index (κ2) is 8.19. The molecule has 2 heterocycles. The molecule has 1 saturated carbocycles. The number of rotatable bonds is 8. The normalized spacial score (nSPS) is 19.3. The fraction of sp³-hybridized carbons (Fsp3) is 0.682. The Morgan fingerprint density at radius 1 is 1.15 bits per heavy atom. The Morgan fingerprint density at radius 3 is 2.63 bits per heavy atom. The smallest absolute Gasteiger partial charge is 0.175 e. The Hall–Kier alpha value is -1.59. The first kappa shape index (κ1) is 18.8. The van der Waals surface area contributed by atoms with Crippen molar-refractivity contribution in [1.82, 2.24) is 15.0 Å². The number of piperidine rings is 1. The van der Waals surface area contributed by atoms with Gasteiger partial charge in [0.25, 0.3) is 0 Å². The maximum Gasteiger partial charge on any atom is 0.175 e. The van der Waals surface area contributed by atoms with Gasteiger partial charge in [-0.1, -0.05) is 5.16 Å². The topological polar surface area (TPSA) is 41.7 Å². The van der Waals surface area contributed by atoms with Crippen LogP contribution < -0.4 is 4.74 Å². The van der Waals surface area contributed by atoms with Gasteiger partial charge in [0, 0.05) is 11.9 Å². The molecule has 0 atom stereocenters. The first-order chi connectivity index (χ1) is 13.1. The van der Waals surface area contributed by atoms with Gasteiger partial charge < -0.3 is 19.1 Å². The third-order valence-corrected chi connectivity index (χ3v) is 6.05. The number of hydrogen-bond acceptors (Lipinski definition) is 5. The minimum atomic E-state index is 0.743. The summed E-state index contributed by atoms with van der Waals surface area (Å²) in [6.45, 7) is 4.07. The second-order valence-corrected chi connectivity index (χ2v) is 8.83. The predicted octanol–water partition coefficient (Wildman–Crippen LogP) is 3.95. The number of aromatic nitrogens is 1. The second-order valence-electron chi connectivity index (χ2n) is 8.83. The molecule has 5 heteroatoms. The van der Waals surface area contributed by atoms with Crippen LogP contribution in [-0.4, -0.2) is 55.8 Å². The van der Waals surface area contributed by atoms with E-state index in [4.69, 9.17) is 9.26 Å². The van der Waals surface area contributed by atoms with Gasteiger partial charge in [0.1, 0.15) is 5.75 Å². The van der Waals surface area contributed by atoms with Gasteiger partial charge in [-0.3, -0.25) is 0 Å². The maximum absolute atomic E-state index is 6.13. The number of aryl methyl sites for hydroxylation is 1. The summed E-state index contributed by atoms with van der Waals surface area (Å²) >= 11 is 0. The lowest BCUT2D eigenvalue weighted by Crippen LogP contribution is -2.30. The highest BCUT2D eigenvalue weighted by Gasteiger charge is 2.24. The van der Waals surface area contributed by atoms with Gasteiger partial charge in [0.2, 0.25) is 0 Å². The fourth-order valence-corrected chi connectivity index (χ4v) is 4.06.